The number of hydrogen-bond donors (Lipinski definition) is 0. The first kappa shape index (κ1) is 31.2. The molecule has 0 bridgehead atoms. The highest BCUT2D eigenvalue weighted by atomic mass is 16.5. The molecule has 0 aromatic heterocycles. The number of hydrogen-bond acceptors (Lipinski definition) is 4. The molecular weight excluding hydrogens is 637 g/mol. The van der Waals surface area contributed by atoms with E-state index in [1.54, 1.807) is 14.2 Å². The first-order valence-electron chi connectivity index (χ1n) is 17.5. The summed E-state index contributed by atoms with van der Waals surface area (Å²) in [7, 11) is 3.42. The Morgan fingerprint density at radius 1 is 0.365 bits per heavy atom. The minimum absolute atomic E-state index is 0.777. The van der Waals surface area contributed by atoms with Gasteiger partial charge in [0.25, 0.3) is 0 Å². The summed E-state index contributed by atoms with van der Waals surface area (Å²) < 4.78 is 11.7. The van der Waals surface area contributed by atoms with Crippen LogP contribution in [-0.2, 0) is 0 Å². The number of para-hydroxylation sites is 4. The zero-order valence-electron chi connectivity index (χ0n) is 29.0. The average Bonchev–Trinajstić information content (AvgIpc) is 3.22. The van der Waals surface area contributed by atoms with Crippen LogP contribution in [0.3, 0.4) is 0 Å². The largest absolute Gasteiger partial charge is 0.496 e. The number of anilines is 6. The standard InChI is InChI=1S/C48H36N2O2/c1-51-44-24-15-25-45(52-2)47(44)35-30-33-26-28-40-42(49(36-16-7-3-8-17-36)37-18-9-4-10-19-37)32-43(41-29-27-34(31-35)46(33)48(40)41)50(38-20-11-5-12-21-38)39-22-13-6-14-23-39/h3-32H,1-2H3. The summed E-state index contributed by atoms with van der Waals surface area (Å²) in [6, 6.07) is 64.6. The molecule has 0 aliphatic rings. The Bertz CT molecular complexity index is 2390. The van der Waals surface area contributed by atoms with Crippen LogP contribution in [0.5, 0.6) is 11.5 Å². The van der Waals surface area contributed by atoms with E-state index in [2.05, 4.69) is 174 Å². The molecule has 0 heterocycles. The van der Waals surface area contributed by atoms with Gasteiger partial charge in [-0.05, 0) is 101 Å². The maximum Gasteiger partial charge on any atom is 0.130 e. The summed E-state index contributed by atoms with van der Waals surface area (Å²) in [5.74, 6) is 1.55. The van der Waals surface area contributed by atoms with E-state index in [9.17, 15) is 0 Å². The molecule has 0 saturated carbocycles. The quantitative estimate of drug-likeness (QED) is 0.143. The maximum absolute atomic E-state index is 5.85. The Morgan fingerprint density at radius 2 is 0.750 bits per heavy atom. The minimum atomic E-state index is 0.777. The van der Waals surface area contributed by atoms with Crippen LogP contribution >= 0.6 is 0 Å². The second-order valence-corrected chi connectivity index (χ2v) is 12.9. The van der Waals surface area contributed by atoms with Gasteiger partial charge in [-0.2, -0.15) is 0 Å². The van der Waals surface area contributed by atoms with Gasteiger partial charge in [-0.1, -0.05) is 103 Å². The molecule has 0 aliphatic carbocycles. The third-order valence-electron chi connectivity index (χ3n) is 9.93. The van der Waals surface area contributed by atoms with Gasteiger partial charge in [0, 0.05) is 38.9 Å². The Hall–Kier alpha value is -6.78. The Kier molecular flexibility index (Phi) is 7.90. The minimum Gasteiger partial charge on any atom is -0.496 e. The molecule has 0 spiro atoms. The van der Waals surface area contributed by atoms with E-state index in [4.69, 9.17) is 9.47 Å². The van der Waals surface area contributed by atoms with Gasteiger partial charge in [0.2, 0.25) is 0 Å². The van der Waals surface area contributed by atoms with Gasteiger partial charge in [0.05, 0.1) is 31.2 Å². The van der Waals surface area contributed by atoms with Crippen LogP contribution in [0, 0.1) is 0 Å². The highest BCUT2D eigenvalue weighted by Crippen LogP contribution is 2.51. The van der Waals surface area contributed by atoms with E-state index < -0.39 is 0 Å². The molecule has 0 unspecified atom stereocenters. The van der Waals surface area contributed by atoms with Crippen molar-refractivity contribution in [3.05, 3.63) is 182 Å². The van der Waals surface area contributed by atoms with Crippen molar-refractivity contribution in [2.45, 2.75) is 0 Å². The highest BCUT2D eigenvalue weighted by Gasteiger charge is 2.25. The number of rotatable bonds is 9. The van der Waals surface area contributed by atoms with Gasteiger partial charge >= 0.3 is 0 Å². The van der Waals surface area contributed by atoms with Crippen molar-refractivity contribution in [1.82, 2.24) is 0 Å². The zero-order chi connectivity index (χ0) is 35.0. The number of benzene rings is 9. The Morgan fingerprint density at radius 3 is 1.12 bits per heavy atom. The lowest BCUT2D eigenvalue weighted by molar-refractivity contribution is 0.397. The molecule has 0 fully saturated rings. The molecule has 4 nitrogen and oxygen atoms in total. The van der Waals surface area contributed by atoms with Gasteiger partial charge in [0.1, 0.15) is 11.5 Å². The molecule has 0 N–H and O–H groups in total. The Balaban J connectivity index is 1.41. The predicted molar refractivity (Wildman–Crippen MR) is 218 cm³/mol. The molecular formula is C48H36N2O2. The molecule has 9 rings (SSSR count). The first-order chi connectivity index (χ1) is 25.7. The predicted octanol–water partition coefficient (Wildman–Crippen LogP) is 13.2. The maximum atomic E-state index is 5.85. The average molecular weight is 673 g/mol. The van der Waals surface area contributed by atoms with Crippen molar-refractivity contribution >= 4 is 66.4 Å². The molecule has 9 aromatic carbocycles. The summed E-state index contributed by atoms with van der Waals surface area (Å²) in [5, 5.41) is 7.09. The molecule has 0 amide bonds. The Labute approximate surface area is 303 Å². The fraction of sp³-hybridized carbons (Fsp3) is 0.0417. The molecule has 0 aliphatic heterocycles. The van der Waals surface area contributed by atoms with Crippen molar-refractivity contribution in [1.29, 1.82) is 0 Å². The van der Waals surface area contributed by atoms with E-state index in [-0.39, 0.29) is 0 Å². The lowest BCUT2D eigenvalue weighted by Crippen LogP contribution is -2.14. The van der Waals surface area contributed by atoms with E-state index in [1.165, 1.54) is 21.5 Å². The van der Waals surface area contributed by atoms with Gasteiger partial charge in [-0.15, -0.1) is 0 Å². The van der Waals surface area contributed by atoms with E-state index >= 15 is 0 Å². The highest BCUT2D eigenvalue weighted by molar-refractivity contribution is 6.29. The second kappa shape index (κ2) is 13.2. The third kappa shape index (κ3) is 5.24. The monoisotopic (exact) mass is 672 g/mol. The molecule has 4 heteroatoms. The summed E-state index contributed by atoms with van der Waals surface area (Å²) in [4.78, 5) is 4.77. The van der Waals surface area contributed by atoms with Gasteiger partial charge in [-0.25, -0.2) is 0 Å². The lowest BCUT2D eigenvalue weighted by atomic mass is 9.89. The third-order valence-corrected chi connectivity index (χ3v) is 9.93. The first-order valence-corrected chi connectivity index (χ1v) is 17.5. The van der Waals surface area contributed by atoms with E-state index in [0.717, 1.165) is 67.5 Å². The number of ether oxygens (including phenoxy) is 2. The molecule has 0 atom stereocenters. The summed E-state index contributed by atoms with van der Waals surface area (Å²) >= 11 is 0. The van der Waals surface area contributed by atoms with Crippen molar-refractivity contribution in [2.24, 2.45) is 0 Å². The molecule has 250 valence electrons. The summed E-state index contributed by atoms with van der Waals surface area (Å²) in [5.41, 5.74) is 8.54. The van der Waals surface area contributed by atoms with Crippen molar-refractivity contribution in [3.8, 4) is 22.6 Å². The fourth-order valence-corrected chi connectivity index (χ4v) is 7.69. The van der Waals surface area contributed by atoms with Gasteiger partial charge < -0.3 is 19.3 Å². The van der Waals surface area contributed by atoms with Crippen LogP contribution in [-0.4, -0.2) is 14.2 Å². The van der Waals surface area contributed by atoms with Gasteiger partial charge in [-0.3, -0.25) is 0 Å². The van der Waals surface area contributed by atoms with Crippen molar-refractivity contribution < 1.29 is 9.47 Å². The molecule has 0 saturated heterocycles. The topological polar surface area (TPSA) is 24.9 Å². The van der Waals surface area contributed by atoms with Crippen LogP contribution in [0.1, 0.15) is 0 Å². The van der Waals surface area contributed by atoms with Crippen LogP contribution in [0.4, 0.5) is 34.1 Å². The number of nitrogens with zero attached hydrogens (tertiary/aromatic N) is 2. The molecule has 52 heavy (non-hydrogen) atoms. The fourth-order valence-electron chi connectivity index (χ4n) is 7.69. The van der Waals surface area contributed by atoms with Crippen LogP contribution in [0.25, 0.3) is 43.4 Å². The van der Waals surface area contributed by atoms with Crippen LogP contribution in [0.15, 0.2) is 182 Å². The zero-order valence-corrected chi connectivity index (χ0v) is 29.0. The molecule has 9 aromatic rings. The number of methoxy groups -OCH3 is 2. The van der Waals surface area contributed by atoms with Gasteiger partial charge in [0.15, 0.2) is 0 Å². The van der Waals surface area contributed by atoms with Crippen LogP contribution in [0.2, 0.25) is 0 Å². The lowest BCUT2D eigenvalue weighted by Gasteiger charge is -2.32. The van der Waals surface area contributed by atoms with Crippen LogP contribution < -0.4 is 19.3 Å². The van der Waals surface area contributed by atoms with Crippen molar-refractivity contribution in [3.63, 3.8) is 0 Å². The van der Waals surface area contributed by atoms with E-state index in [1.807, 2.05) is 18.2 Å². The smallest absolute Gasteiger partial charge is 0.130 e. The van der Waals surface area contributed by atoms with Crippen molar-refractivity contribution in [2.75, 3.05) is 24.0 Å². The molecule has 0 radical (unpaired) electrons. The summed E-state index contributed by atoms with van der Waals surface area (Å²) in [6.45, 7) is 0. The van der Waals surface area contributed by atoms with E-state index in [0.29, 0.717) is 0 Å². The SMILES string of the molecule is COc1cccc(OC)c1-c1cc2ccc3c(N(c4ccccc4)c4ccccc4)cc(N(c4ccccc4)c4ccccc4)c4ccc(c1)c2c34. The normalized spacial score (nSPS) is 11.3. The summed E-state index contributed by atoms with van der Waals surface area (Å²) in [6.07, 6.45) is 0. The second-order valence-electron chi connectivity index (χ2n) is 12.9.